The number of aromatic nitrogens is 1. The third-order valence-electron chi connectivity index (χ3n) is 3.34. The molecule has 2 amide bonds. The number of nitrogens with zero attached hydrogens (tertiary/aromatic N) is 1. The van der Waals surface area contributed by atoms with Gasteiger partial charge in [0.15, 0.2) is 5.13 Å². The molecule has 0 unspecified atom stereocenters. The summed E-state index contributed by atoms with van der Waals surface area (Å²) in [5.74, 6) is -1.33. The summed E-state index contributed by atoms with van der Waals surface area (Å²) in [4.78, 5) is 28.1. The van der Waals surface area contributed by atoms with Crippen molar-refractivity contribution < 1.29 is 18.7 Å². The van der Waals surface area contributed by atoms with E-state index < -0.39 is 11.7 Å². The van der Waals surface area contributed by atoms with Crippen molar-refractivity contribution >= 4 is 28.3 Å². The Labute approximate surface area is 155 Å². The van der Waals surface area contributed by atoms with Crippen molar-refractivity contribution in [3.05, 3.63) is 46.7 Å². The predicted molar refractivity (Wildman–Crippen MR) is 97.9 cm³/mol. The molecule has 0 saturated heterocycles. The number of methoxy groups -OCH3 is 1. The van der Waals surface area contributed by atoms with Gasteiger partial charge in [-0.15, -0.1) is 11.3 Å². The number of amides is 2. The molecule has 1 aromatic carbocycles. The van der Waals surface area contributed by atoms with Gasteiger partial charge < -0.3 is 15.4 Å². The van der Waals surface area contributed by atoms with Gasteiger partial charge in [-0.2, -0.15) is 0 Å². The smallest absolute Gasteiger partial charge is 0.260 e. The number of benzene rings is 1. The minimum atomic E-state index is -0.597. The first-order valence-corrected chi connectivity index (χ1v) is 8.94. The molecule has 0 radical (unpaired) electrons. The molecule has 0 atom stereocenters. The summed E-state index contributed by atoms with van der Waals surface area (Å²) in [5, 5.41) is 10.4. The number of carbonyl (C=O) groups is 2. The van der Waals surface area contributed by atoms with Crippen LogP contribution in [0.2, 0.25) is 0 Å². The van der Waals surface area contributed by atoms with E-state index in [0.29, 0.717) is 30.5 Å². The molecule has 0 spiro atoms. The molecule has 1 heterocycles. The maximum atomic E-state index is 13.6. The van der Waals surface area contributed by atoms with Crippen LogP contribution in [0.15, 0.2) is 29.6 Å². The van der Waals surface area contributed by atoms with Gasteiger partial charge in [0.1, 0.15) is 5.82 Å². The Morgan fingerprint density at radius 1 is 1.23 bits per heavy atom. The maximum absolute atomic E-state index is 13.6. The molecular formula is C17H21FN4O3S. The maximum Gasteiger partial charge on any atom is 0.260 e. The summed E-state index contributed by atoms with van der Waals surface area (Å²) >= 11 is 1.19. The highest BCUT2D eigenvalue weighted by atomic mass is 32.1. The van der Waals surface area contributed by atoms with Crippen molar-refractivity contribution in [2.45, 2.75) is 6.42 Å². The quantitative estimate of drug-likeness (QED) is 0.543. The minimum Gasteiger partial charge on any atom is -0.383 e. The predicted octanol–water partition coefficient (Wildman–Crippen LogP) is 1.43. The van der Waals surface area contributed by atoms with Gasteiger partial charge in [-0.05, 0) is 12.1 Å². The molecule has 0 bridgehead atoms. The summed E-state index contributed by atoms with van der Waals surface area (Å²) < 4.78 is 18.5. The van der Waals surface area contributed by atoms with E-state index in [2.05, 4.69) is 20.9 Å². The zero-order valence-corrected chi connectivity index (χ0v) is 15.2. The van der Waals surface area contributed by atoms with Crippen molar-refractivity contribution in [1.29, 1.82) is 0 Å². The first-order valence-electron chi connectivity index (χ1n) is 8.06. The van der Waals surface area contributed by atoms with Crippen LogP contribution < -0.4 is 16.0 Å². The third-order valence-corrected chi connectivity index (χ3v) is 4.15. The van der Waals surface area contributed by atoms with E-state index in [1.165, 1.54) is 29.5 Å². The van der Waals surface area contributed by atoms with Crippen LogP contribution in [0, 0.1) is 5.82 Å². The third kappa shape index (κ3) is 6.51. The van der Waals surface area contributed by atoms with E-state index in [4.69, 9.17) is 4.74 Å². The Morgan fingerprint density at radius 2 is 2.04 bits per heavy atom. The fraction of sp³-hybridized carbons (Fsp3) is 0.353. The standard InChI is InChI=1S/C17H21FN4O3S/c1-25-9-8-19-6-7-20-15(23)10-12-11-26-17(21-12)22-16(24)13-4-2-3-5-14(13)18/h2-5,11,19H,6-10H2,1H3,(H,20,23)(H,21,22,24). The highest BCUT2D eigenvalue weighted by Crippen LogP contribution is 2.17. The van der Waals surface area contributed by atoms with Crippen molar-refractivity contribution in [1.82, 2.24) is 15.6 Å². The minimum absolute atomic E-state index is 0.0528. The number of rotatable bonds is 10. The molecule has 0 saturated carbocycles. The molecule has 0 fully saturated rings. The van der Waals surface area contributed by atoms with Crippen molar-refractivity contribution in [2.75, 3.05) is 38.7 Å². The lowest BCUT2D eigenvalue weighted by Gasteiger charge is -2.05. The van der Waals surface area contributed by atoms with Crippen LogP contribution in [0.4, 0.5) is 9.52 Å². The number of ether oxygens (including phenoxy) is 1. The molecule has 140 valence electrons. The van der Waals surface area contributed by atoms with E-state index >= 15 is 0 Å². The first kappa shape index (κ1) is 20.0. The van der Waals surface area contributed by atoms with Crippen molar-refractivity contribution in [3.8, 4) is 0 Å². The summed E-state index contributed by atoms with van der Waals surface area (Å²) in [5.41, 5.74) is 0.492. The molecule has 2 aromatic rings. The van der Waals surface area contributed by atoms with Gasteiger partial charge in [-0.3, -0.25) is 14.9 Å². The second-order valence-electron chi connectivity index (χ2n) is 5.35. The van der Waals surface area contributed by atoms with Crippen molar-refractivity contribution in [2.24, 2.45) is 0 Å². The monoisotopic (exact) mass is 380 g/mol. The molecule has 3 N–H and O–H groups in total. The van der Waals surface area contributed by atoms with E-state index in [1.54, 1.807) is 18.6 Å². The van der Waals surface area contributed by atoms with Gasteiger partial charge in [-0.1, -0.05) is 12.1 Å². The molecule has 26 heavy (non-hydrogen) atoms. The van der Waals surface area contributed by atoms with Crippen LogP contribution in [-0.4, -0.2) is 50.1 Å². The van der Waals surface area contributed by atoms with Crippen LogP contribution in [0.3, 0.4) is 0 Å². The lowest BCUT2D eigenvalue weighted by atomic mass is 10.2. The summed E-state index contributed by atoms with van der Waals surface area (Å²) in [6.45, 7) is 2.50. The largest absolute Gasteiger partial charge is 0.383 e. The first-order chi connectivity index (χ1) is 12.6. The molecule has 1 aromatic heterocycles. The Hall–Kier alpha value is -2.36. The highest BCUT2D eigenvalue weighted by molar-refractivity contribution is 7.14. The van der Waals surface area contributed by atoms with E-state index in [-0.39, 0.29) is 17.9 Å². The van der Waals surface area contributed by atoms with Gasteiger partial charge in [0.05, 0.1) is 24.3 Å². The van der Waals surface area contributed by atoms with Crippen LogP contribution in [0.1, 0.15) is 16.1 Å². The van der Waals surface area contributed by atoms with E-state index in [9.17, 15) is 14.0 Å². The normalized spacial score (nSPS) is 10.5. The van der Waals surface area contributed by atoms with Crippen molar-refractivity contribution in [3.63, 3.8) is 0 Å². The summed E-state index contributed by atoms with van der Waals surface area (Å²) in [7, 11) is 1.63. The molecule has 0 aliphatic carbocycles. The zero-order valence-electron chi connectivity index (χ0n) is 14.4. The number of nitrogens with one attached hydrogen (secondary N) is 3. The van der Waals surface area contributed by atoms with Gasteiger partial charge in [0.25, 0.3) is 5.91 Å². The van der Waals surface area contributed by atoms with Crippen LogP contribution in [-0.2, 0) is 16.0 Å². The Bertz CT molecular complexity index is 738. The second-order valence-corrected chi connectivity index (χ2v) is 6.21. The van der Waals surface area contributed by atoms with Crippen LogP contribution >= 0.6 is 11.3 Å². The van der Waals surface area contributed by atoms with Crippen LogP contribution in [0.5, 0.6) is 0 Å². The SMILES string of the molecule is COCCNCCNC(=O)Cc1csc(NC(=O)c2ccccc2F)n1. The number of hydrogen-bond acceptors (Lipinski definition) is 6. The number of hydrogen-bond donors (Lipinski definition) is 3. The molecule has 0 aliphatic heterocycles. The lowest BCUT2D eigenvalue weighted by molar-refractivity contribution is -0.120. The van der Waals surface area contributed by atoms with Crippen LogP contribution in [0.25, 0.3) is 0 Å². The Kier molecular flexibility index (Phi) is 8.13. The second kappa shape index (κ2) is 10.6. The molecular weight excluding hydrogens is 359 g/mol. The number of carbonyl (C=O) groups excluding carboxylic acids is 2. The molecule has 9 heteroatoms. The topological polar surface area (TPSA) is 92.4 Å². The van der Waals surface area contributed by atoms with E-state index in [0.717, 1.165) is 6.54 Å². The van der Waals surface area contributed by atoms with Gasteiger partial charge in [-0.25, -0.2) is 9.37 Å². The van der Waals surface area contributed by atoms with Gasteiger partial charge in [0, 0.05) is 32.1 Å². The molecule has 2 rings (SSSR count). The highest BCUT2D eigenvalue weighted by Gasteiger charge is 2.13. The van der Waals surface area contributed by atoms with E-state index in [1.807, 2.05) is 0 Å². The molecule has 0 aliphatic rings. The fourth-order valence-corrected chi connectivity index (χ4v) is 2.78. The Morgan fingerprint density at radius 3 is 2.81 bits per heavy atom. The van der Waals surface area contributed by atoms with Gasteiger partial charge >= 0.3 is 0 Å². The average molecular weight is 380 g/mol. The average Bonchev–Trinajstić information content (AvgIpc) is 3.05. The fourth-order valence-electron chi connectivity index (χ4n) is 2.07. The summed E-state index contributed by atoms with van der Waals surface area (Å²) in [6.07, 6.45) is 0.115. The lowest BCUT2D eigenvalue weighted by Crippen LogP contribution is -2.33. The van der Waals surface area contributed by atoms with Gasteiger partial charge in [0.2, 0.25) is 5.91 Å². The number of halogens is 1. The summed E-state index contributed by atoms with van der Waals surface area (Å²) in [6, 6.07) is 5.71. The zero-order chi connectivity index (χ0) is 18.8. The number of anilines is 1. The Balaban J connectivity index is 1.76. The molecule has 7 nitrogen and oxygen atoms in total. The number of thiazole rings is 1.